The molecule has 0 aliphatic heterocycles. The molecule has 0 spiro atoms. The second-order valence-corrected chi connectivity index (χ2v) is 7.51. The summed E-state index contributed by atoms with van der Waals surface area (Å²) in [6.45, 7) is 0.657. The molecular weight excluding hydrogens is 366 g/mol. The molecule has 0 bridgehead atoms. The number of rotatable bonds is 5. The van der Waals surface area contributed by atoms with Gasteiger partial charge in [-0.05, 0) is 42.7 Å². The lowest BCUT2D eigenvalue weighted by Gasteiger charge is -2.42. The molecule has 1 saturated carbocycles. The van der Waals surface area contributed by atoms with Gasteiger partial charge in [0.05, 0.1) is 5.56 Å². The quantitative estimate of drug-likeness (QED) is 0.849. The Morgan fingerprint density at radius 3 is 2.71 bits per heavy atom. The molecule has 1 aromatic carbocycles. The molecule has 1 amide bonds. The number of nitrogens with one attached hydrogen (secondary N) is 1. The van der Waals surface area contributed by atoms with Gasteiger partial charge in [-0.1, -0.05) is 34.5 Å². The monoisotopic (exact) mass is 387 g/mol. The molecule has 0 unspecified atom stereocenters. The number of amides is 1. The van der Waals surface area contributed by atoms with E-state index in [4.69, 9.17) is 0 Å². The maximum absolute atomic E-state index is 12.7. The van der Waals surface area contributed by atoms with E-state index in [0.717, 1.165) is 17.3 Å². The van der Waals surface area contributed by atoms with Gasteiger partial charge in [-0.3, -0.25) is 4.79 Å². The smallest absolute Gasteiger partial charge is 0.255 e. The number of anilines is 1. The zero-order valence-corrected chi connectivity index (χ0v) is 15.6. The minimum Gasteiger partial charge on any atom is -0.362 e. The van der Waals surface area contributed by atoms with Crippen LogP contribution in [0.4, 0.5) is 5.82 Å². The van der Waals surface area contributed by atoms with Crippen LogP contribution in [0.15, 0.2) is 47.1 Å². The Bertz CT molecular complexity index is 741. The number of hydrogen-bond donors (Lipinski definition) is 1. The fourth-order valence-corrected chi connectivity index (χ4v) is 3.66. The number of pyridine rings is 1. The zero-order valence-electron chi connectivity index (χ0n) is 14.1. The number of carbonyl (C=O) groups is 1. The van der Waals surface area contributed by atoms with Crippen molar-refractivity contribution in [3.63, 3.8) is 0 Å². The van der Waals surface area contributed by atoms with Crippen LogP contribution in [0.1, 0.15) is 35.2 Å². The second-order valence-electron chi connectivity index (χ2n) is 6.60. The molecule has 5 heteroatoms. The van der Waals surface area contributed by atoms with E-state index < -0.39 is 0 Å². The largest absolute Gasteiger partial charge is 0.362 e. The van der Waals surface area contributed by atoms with Crippen molar-refractivity contribution in [2.45, 2.75) is 24.7 Å². The molecule has 0 atom stereocenters. The lowest BCUT2D eigenvalue weighted by molar-refractivity contribution is 0.0928. The minimum absolute atomic E-state index is 0.0555. The maximum atomic E-state index is 12.7. The summed E-state index contributed by atoms with van der Waals surface area (Å²) in [5, 5.41) is 3.13. The highest BCUT2D eigenvalue weighted by Gasteiger charge is 2.39. The van der Waals surface area contributed by atoms with Crippen LogP contribution in [0.5, 0.6) is 0 Å². The molecule has 1 aliphatic carbocycles. The van der Waals surface area contributed by atoms with E-state index in [1.54, 1.807) is 12.3 Å². The van der Waals surface area contributed by atoms with Gasteiger partial charge in [0.1, 0.15) is 5.82 Å². The molecule has 1 aromatic heterocycles. The third-order valence-electron chi connectivity index (χ3n) is 4.79. The van der Waals surface area contributed by atoms with Crippen LogP contribution in [0, 0.1) is 0 Å². The summed E-state index contributed by atoms with van der Waals surface area (Å²) >= 11 is 3.55. The first kappa shape index (κ1) is 17.0. The predicted molar refractivity (Wildman–Crippen MR) is 101 cm³/mol. The molecule has 1 heterocycles. The number of halogens is 1. The third-order valence-corrected chi connectivity index (χ3v) is 5.28. The summed E-state index contributed by atoms with van der Waals surface area (Å²) in [7, 11) is 3.79. The Morgan fingerprint density at radius 1 is 1.29 bits per heavy atom. The molecule has 0 radical (unpaired) electrons. The Balaban J connectivity index is 1.76. The van der Waals surface area contributed by atoms with Crippen LogP contribution >= 0.6 is 15.9 Å². The van der Waals surface area contributed by atoms with Gasteiger partial charge in [0.2, 0.25) is 0 Å². The van der Waals surface area contributed by atoms with E-state index in [2.05, 4.69) is 44.4 Å². The van der Waals surface area contributed by atoms with Crippen molar-refractivity contribution in [3.05, 3.63) is 58.2 Å². The van der Waals surface area contributed by atoms with Crippen LogP contribution in [0.25, 0.3) is 0 Å². The second kappa shape index (κ2) is 6.93. The Labute approximate surface area is 151 Å². The van der Waals surface area contributed by atoms with Gasteiger partial charge in [-0.15, -0.1) is 0 Å². The van der Waals surface area contributed by atoms with Crippen LogP contribution in [-0.2, 0) is 5.41 Å². The molecule has 3 rings (SSSR count). The fourth-order valence-electron chi connectivity index (χ4n) is 3.26. The predicted octanol–water partition coefficient (Wildman–Crippen LogP) is 3.76. The van der Waals surface area contributed by atoms with Crippen LogP contribution in [0.3, 0.4) is 0 Å². The van der Waals surface area contributed by atoms with E-state index in [-0.39, 0.29) is 11.3 Å². The van der Waals surface area contributed by atoms with Gasteiger partial charge in [0, 0.05) is 36.7 Å². The van der Waals surface area contributed by atoms with Gasteiger partial charge < -0.3 is 10.2 Å². The lowest BCUT2D eigenvalue weighted by atomic mass is 9.64. The molecular formula is C19H22BrN3O. The van der Waals surface area contributed by atoms with E-state index in [1.165, 1.54) is 12.0 Å². The molecule has 24 heavy (non-hydrogen) atoms. The van der Waals surface area contributed by atoms with Crippen molar-refractivity contribution in [3.8, 4) is 0 Å². The third kappa shape index (κ3) is 3.31. The van der Waals surface area contributed by atoms with Crippen molar-refractivity contribution in [1.29, 1.82) is 0 Å². The van der Waals surface area contributed by atoms with Gasteiger partial charge in [0.25, 0.3) is 5.91 Å². The van der Waals surface area contributed by atoms with Crippen LogP contribution in [0.2, 0.25) is 0 Å². The topological polar surface area (TPSA) is 45.2 Å². The Kier molecular flexibility index (Phi) is 4.90. The standard InChI is InChI=1S/C19H22BrN3O/c1-23(2)17-16(8-4-11-21-17)18(24)22-13-19(9-5-10-19)14-6-3-7-15(20)12-14/h3-4,6-8,11-12H,5,9-10,13H2,1-2H3,(H,22,24). The zero-order chi connectivity index (χ0) is 17.2. The van der Waals surface area contributed by atoms with Gasteiger partial charge in [-0.2, -0.15) is 0 Å². The molecule has 2 aromatic rings. The highest BCUT2D eigenvalue weighted by molar-refractivity contribution is 9.10. The highest BCUT2D eigenvalue weighted by atomic mass is 79.9. The Morgan fingerprint density at radius 2 is 2.08 bits per heavy atom. The first-order chi connectivity index (χ1) is 11.5. The maximum Gasteiger partial charge on any atom is 0.255 e. The summed E-state index contributed by atoms with van der Waals surface area (Å²) in [5.74, 6) is 0.633. The Hall–Kier alpha value is -1.88. The van der Waals surface area contributed by atoms with E-state index in [0.29, 0.717) is 17.9 Å². The van der Waals surface area contributed by atoms with E-state index in [1.807, 2.05) is 31.1 Å². The average molecular weight is 388 g/mol. The first-order valence-corrected chi connectivity index (χ1v) is 8.98. The summed E-state index contributed by atoms with van der Waals surface area (Å²) in [6, 6.07) is 12.0. The van der Waals surface area contributed by atoms with Crippen molar-refractivity contribution >= 4 is 27.7 Å². The van der Waals surface area contributed by atoms with Crippen LogP contribution in [-0.4, -0.2) is 31.5 Å². The number of hydrogen-bond acceptors (Lipinski definition) is 3. The van der Waals surface area contributed by atoms with Crippen molar-refractivity contribution in [2.75, 3.05) is 25.5 Å². The number of carbonyl (C=O) groups excluding carboxylic acids is 1. The minimum atomic E-state index is -0.0620. The average Bonchev–Trinajstić information content (AvgIpc) is 2.53. The SMILES string of the molecule is CN(C)c1ncccc1C(=O)NCC1(c2cccc(Br)c2)CCC1. The van der Waals surface area contributed by atoms with Crippen molar-refractivity contribution in [2.24, 2.45) is 0 Å². The number of benzene rings is 1. The van der Waals surface area contributed by atoms with Crippen molar-refractivity contribution in [1.82, 2.24) is 10.3 Å². The van der Waals surface area contributed by atoms with E-state index >= 15 is 0 Å². The molecule has 1 fully saturated rings. The molecule has 4 nitrogen and oxygen atoms in total. The van der Waals surface area contributed by atoms with Crippen molar-refractivity contribution < 1.29 is 4.79 Å². The normalized spacial score (nSPS) is 15.5. The van der Waals surface area contributed by atoms with Gasteiger partial charge in [-0.25, -0.2) is 4.98 Å². The summed E-state index contributed by atoms with van der Waals surface area (Å²) < 4.78 is 1.08. The first-order valence-electron chi connectivity index (χ1n) is 8.18. The molecule has 1 aliphatic rings. The number of nitrogens with zero attached hydrogens (tertiary/aromatic N) is 2. The fraction of sp³-hybridized carbons (Fsp3) is 0.368. The van der Waals surface area contributed by atoms with Gasteiger partial charge in [0.15, 0.2) is 0 Å². The highest BCUT2D eigenvalue weighted by Crippen LogP contribution is 2.43. The summed E-state index contributed by atoms with van der Waals surface area (Å²) in [5.41, 5.74) is 1.97. The molecule has 1 N–H and O–H groups in total. The number of aromatic nitrogens is 1. The van der Waals surface area contributed by atoms with Gasteiger partial charge >= 0.3 is 0 Å². The summed E-state index contributed by atoms with van der Waals surface area (Å²) in [6.07, 6.45) is 5.13. The van der Waals surface area contributed by atoms with Crippen LogP contribution < -0.4 is 10.2 Å². The lowest BCUT2D eigenvalue weighted by Crippen LogP contribution is -2.45. The molecule has 126 valence electrons. The summed E-state index contributed by atoms with van der Waals surface area (Å²) in [4.78, 5) is 18.8. The molecule has 0 saturated heterocycles. The van der Waals surface area contributed by atoms with E-state index in [9.17, 15) is 4.79 Å².